The third-order valence-electron chi connectivity index (χ3n) is 5.37. The number of fused-ring (bicyclic) bond motifs is 2. The molecule has 0 spiro atoms. The molecule has 1 saturated heterocycles. The lowest BCUT2D eigenvalue weighted by Crippen LogP contribution is -2.31. The molecule has 0 aromatic carbocycles. The van der Waals surface area contributed by atoms with Crippen LogP contribution in [0.1, 0.15) is 61.7 Å². The van der Waals surface area contributed by atoms with Gasteiger partial charge in [0.15, 0.2) is 0 Å². The predicted molar refractivity (Wildman–Crippen MR) is 103 cm³/mol. The summed E-state index contributed by atoms with van der Waals surface area (Å²) >= 11 is 2.79. The number of rotatable bonds is 2. The van der Waals surface area contributed by atoms with E-state index in [2.05, 4.69) is 0 Å². The number of imide groups is 1. The van der Waals surface area contributed by atoms with Crippen LogP contribution in [0.4, 0.5) is 5.00 Å². The number of amides is 2. The van der Waals surface area contributed by atoms with Crippen molar-refractivity contribution in [2.24, 2.45) is 11.8 Å². The molecule has 2 aliphatic rings. The molecule has 5 nitrogen and oxygen atoms in total. The minimum Gasteiger partial charge on any atom is -0.478 e. The maximum atomic E-state index is 12.9. The van der Waals surface area contributed by atoms with E-state index < -0.39 is 5.97 Å². The first-order chi connectivity index (χ1) is 12.2. The summed E-state index contributed by atoms with van der Waals surface area (Å²) < 4.78 is 0.836. The summed E-state index contributed by atoms with van der Waals surface area (Å²) in [7, 11) is 0. The van der Waals surface area contributed by atoms with Crippen LogP contribution in [0.15, 0.2) is 5.38 Å². The lowest BCUT2D eigenvalue weighted by Gasteiger charge is -2.19. The Bertz CT molecular complexity index is 909. The van der Waals surface area contributed by atoms with Crippen LogP contribution in [0.2, 0.25) is 0 Å². The summed E-state index contributed by atoms with van der Waals surface area (Å²) in [4.78, 5) is 40.1. The van der Waals surface area contributed by atoms with Crippen molar-refractivity contribution < 1.29 is 19.5 Å². The van der Waals surface area contributed by atoms with E-state index in [4.69, 9.17) is 0 Å². The molecule has 2 aromatic rings. The predicted octanol–water partition coefficient (Wildman–Crippen LogP) is 4.64. The maximum Gasteiger partial charge on any atom is 0.339 e. The fourth-order valence-electron chi connectivity index (χ4n) is 4.19. The Labute approximate surface area is 159 Å². The van der Waals surface area contributed by atoms with Gasteiger partial charge in [-0.25, -0.2) is 9.69 Å². The van der Waals surface area contributed by atoms with Crippen LogP contribution in [-0.2, 0) is 15.0 Å². The molecule has 1 N–H and O–H groups in total. The average Bonchev–Trinajstić information content (AvgIpc) is 3.18. The van der Waals surface area contributed by atoms with Crippen molar-refractivity contribution in [3.63, 3.8) is 0 Å². The number of hydrogen-bond acceptors (Lipinski definition) is 5. The average molecular weight is 392 g/mol. The van der Waals surface area contributed by atoms with Crippen LogP contribution in [0.5, 0.6) is 0 Å². The van der Waals surface area contributed by atoms with E-state index in [1.54, 1.807) is 0 Å². The molecule has 2 fully saturated rings. The molecule has 2 amide bonds. The highest BCUT2D eigenvalue weighted by molar-refractivity contribution is 7.27. The van der Waals surface area contributed by atoms with Gasteiger partial charge < -0.3 is 5.11 Å². The second-order valence-corrected chi connectivity index (χ2v) is 10.1. The quantitative estimate of drug-likeness (QED) is 0.757. The first-order valence-electron chi connectivity index (χ1n) is 8.87. The first kappa shape index (κ1) is 17.7. The molecule has 0 radical (unpaired) electrons. The summed E-state index contributed by atoms with van der Waals surface area (Å²) in [5, 5.41) is 12.8. The lowest BCUT2D eigenvalue weighted by atomic mass is 9.81. The number of aromatic carboxylic acids is 1. The second-order valence-electron chi connectivity index (χ2n) is 8.15. The first-order valence-corrected chi connectivity index (χ1v) is 10.6. The Morgan fingerprint density at radius 3 is 2.23 bits per heavy atom. The van der Waals surface area contributed by atoms with Gasteiger partial charge in [-0.05, 0) is 18.3 Å². The van der Waals surface area contributed by atoms with Crippen molar-refractivity contribution in [3.8, 4) is 0 Å². The Morgan fingerprint density at radius 1 is 1.15 bits per heavy atom. The molecule has 1 aliphatic heterocycles. The molecule has 0 bridgehead atoms. The van der Waals surface area contributed by atoms with Crippen molar-refractivity contribution in [1.29, 1.82) is 0 Å². The molecule has 26 heavy (non-hydrogen) atoms. The number of carboxylic acid groups (broad SMARTS) is 1. The van der Waals surface area contributed by atoms with E-state index in [0.717, 1.165) is 35.3 Å². The third-order valence-corrected chi connectivity index (χ3v) is 8.04. The Kier molecular flexibility index (Phi) is 4.00. The minimum absolute atomic E-state index is 0.108. The largest absolute Gasteiger partial charge is 0.478 e. The van der Waals surface area contributed by atoms with Crippen LogP contribution in [0.3, 0.4) is 0 Å². The van der Waals surface area contributed by atoms with E-state index in [9.17, 15) is 19.5 Å². The maximum absolute atomic E-state index is 12.9. The summed E-state index contributed by atoms with van der Waals surface area (Å²) in [6.45, 7) is 6.13. The zero-order chi connectivity index (χ0) is 18.8. The van der Waals surface area contributed by atoms with Crippen LogP contribution in [0, 0.1) is 11.8 Å². The molecular weight excluding hydrogens is 370 g/mol. The van der Waals surface area contributed by atoms with Gasteiger partial charge in [-0.15, -0.1) is 22.7 Å². The lowest BCUT2D eigenvalue weighted by molar-refractivity contribution is -0.122. The summed E-state index contributed by atoms with van der Waals surface area (Å²) in [6.07, 6.45) is 3.35. The van der Waals surface area contributed by atoms with Crippen LogP contribution in [-0.4, -0.2) is 22.9 Å². The number of carbonyl (C=O) groups is 3. The van der Waals surface area contributed by atoms with E-state index >= 15 is 0 Å². The molecule has 138 valence electrons. The molecule has 2 aromatic heterocycles. The van der Waals surface area contributed by atoms with Crippen LogP contribution in [0.25, 0.3) is 10.1 Å². The second kappa shape index (κ2) is 5.89. The Balaban J connectivity index is 1.91. The van der Waals surface area contributed by atoms with Crippen molar-refractivity contribution >= 4 is 55.5 Å². The van der Waals surface area contributed by atoms with Gasteiger partial charge in [0.2, 0.25) is 11.8 Å². The summed E-state index contributed by atoms with van der Waals surface area (Å²) in [6, 6.07) is 0. The SMILES string of the molecule is CC(C)(C)c1scc2sc(N3C(=O)C4CCCCC4C3=O)c(C(=O)O)c12. The zero-order valence-corrected chi connectivity index (χ0v) is 16.6. The molecule has 3 heterocycles. The van der Waals surface area contributed by atoms with Crippen LogP contribution >= 0.6 is 22.7 Å². The highest BCUT2D eigenvalue weighted by Gasteiger charge is 2.50. The normalized spacial score (nSPS) is 23.7. The minimum atomic E-state index is -1.08. The van der Waals surface area contributed by atoms with Gasteiger partial charge in [-0.3, -0.25) is 9.59 Å². The third kappa shape index (κ3) is 2.44. The van der Waals surface area contributed by atoms with Gasteiger partial charge >= 0.3 is 5.97 Å². The van der Waals surface area contributed by atoms with Gasteiger partial charge in [0.25, 0.3) is 0 Å². The number of carboxylic acids is 1. The fourth-order valence-corrected chi connectivity index (χ4v) is 6.69. The summed E-state index contributed by atoms with van der Waals surface area (Å²) in [5.74, 6) is -2.07. The number of carbonyl (C=O) groups excluding carboxylic acids is 2. The number of nitrogens with zero attached hydrogens (tertiary/aromatic N) is 1. The van der Waals surface area contributed by atoms with Crippen molar-refractivity contribution in [2.75, 3.05) is 4.90 Å². The van der Waals surface area contributed by atoms with Crippen molar-refractivity contribution in [2.45, 2.75) is 51.9 Å². The standard InChI is InChI=1S/C19H21NO4S2/c1-19(2,3)14-12-11(8-25-14)26-17(13(12)18(23)24)20-15(21)9-6-4-5-7-10(9)16(20)22/h8-10H,4-7H2,1-3H3,(H,23,24). The van der Waals surface area contributed by atoms with Crippen LogP contribution < -0.4 is 4.90 Å². The monoisotopic (exact) mass is 391 g/mol. The van der Waals surface area contributed by atoms with Gasteiger partial charge in [0.05, 0.1) is 11.8 Å². The highest BCUT2D eigenvalue weighted by atomic mass is 32.1. The topological polar surface area (TPSA) is 74.7 Å². The highest BCUT2D eigenvalue weighted by Crippen LogP contribution is 2.49. The molecule has 4 rings (SSSR count). The molecular formula is C19H21NO4S2. The fraction of sp³-hybridized carbons (Fsp3) is 0.526. The van der Waals surface area contributed by atoms with E-state index in [0.29, 0.717) is 10.4 Å². The van der Waals surface area contributed by atoms with Crippen molar-refractivity contribution in [1.82, 2.24) is 0 Å². The molecule has 7 heteroatoms. The zero-order valence-electron chi connectivity index (χ0n) is 15.0. The number of hydrogen-bond donors (Lipinski definition) is 1. The molecule has 2 unspecified atom stereocenters. The van der Waals surface area contributed by atoms with E-state index in [1.807, 2.05) is 26.2 Å². The van der Waals surface area contributed by atoms with Gasteiger partial charge in [0.1, 0.15) is 10.6 Å². The molecule has 1 saturated carbocycles. The van der Waals surface area contributed by atoms with E-state index in [1.165, 1.54) is 27.6 Å². The Morgan fingerprint density at radius 2 is 1.73 bits per heavy atom. The Hall–Kier alpha value is -1.73. The number of anilines is 1. The van der Waals surface area contributed by atoms with Gasteiger partial charge in [-0.1, -0.05) is 33.6 Å². The molecule has 1 aliphatic carbocycles. The van der Waals surface area contributed by atoms with Gasteiger partial charge in [-0.2, -0.15) is 0 Å². The van der Waals surface area contributed by atoms with E-state index in [-0.39, 0.29) is 34.6 Å². The smallest absolute Gasteiger partial charge is 0.339 e. The number of thiophene rings is 2. The van der Waals surface area contributed by atoms with Crippen molar-refractivity contribution in [3.05, 3.63) is 15.8 Å². The molecule has 2 atom stereocenters. The van der Waals surface area contributed by atoms with Gasteiger partial charge in [0, 0.05) is 20.3 Å². The summed E-state index contributed by atoms with van der Waals surface area (Å²) in [5.41, 5.74) is -0.0985.